The predicted molar refractivity (Wildman–Crippen MR) is 113 cm³/mol. The molecular weight excluding hydrogens is 334 g/mol. The van der Waals surface area contributed by atoms with Crippen LogP contribution in [0.3, 0.4) is 0 Å². The van der Waals surface area contributed by atoms with Crippen molar-refractivity contribution in [3.8, 4) is 5.75 Å². The molecule has 0 unspecified atom stereocenters. The molecule has 0 aliphatic heterocycles. The number of benzene rings is 2. The van der Waals surface area contributed by atoms with E-state index in [9.17, 15) is 5.11 Å². The maximum atomic E-state index is 10.5. The molecule has 0 fully saturated rings. The van der Waals surface area contributed by atoms with Gasteiger partial charge in [-0.05, 0) is 71.2 Å². The predicted octanol–water partition coefficient (Wildman–Crippen LogP) is 5.10. The van der Waals surface area contributed by atoms with Crippen LogP contribution < -0.4 is 0 Å². The highest BCUT2D eigenvalue weighted by atomic mass is 16.3. The maximum Gasteiger partial charge on any atom is 0.119 e. The molecule has 0 aliphatic rings. The standard InChI is InChI=1S/C24H35NO2/c1-19(2)25(15-8-5-9-17-26)16-14-22(21-10-6-4-7-11-21)23-18-20(3)12-13-24(23)27/h4,6-7,10-13,18-19,22,26-27H,5,8-9,14-17H2,1-3H3/t22-/m1/s1. The number of aliphatic hydroxyl groups excluding tert-OH is 1. The third-order valence-corrected chi connectivity index (χ3v) is 5.30. The number of phenols is 1. The molecule has 0 aliphatic carbocycles. The van der Waals surface area contributed by atoms with Crippen molar-refractivity contribution in [2.45, 2.75) is 58.4 Å². The lowest BCUT2D eigenvalue weighted by Gasteiger charge is -2.29. The summed E-state index contributed by atoms with van der Waals surface area (Å²) < 4.78 is 0. The van der Waals surface area contributed by atoms with Crippen molar-refractivity contribution in [1.82, 2.24) is 4.90 Å². The van der Waals surface area contributed by atoms with Crippen LogP contribution in [-0.4, -0.2) is 40.9 Å². The summed E-state index contributed by atoms with van der Waals surface area (Å²) in [7, 11) is 0. The van der Waals surface area contributed by atoms with E-state index in [-0.39, 0.29) is 12.5 Å². The first-order valence-corrected chi connectivity index (χ1v) is 10.2. The van der Waals surface area contributed by atoms with E-state index >= 15 is 0 Å². The second-order valence-corrected chi connectivity index (χ2v) is 7.73. The minimum Gasteiger partial charge on any atom is -0.508 e. The summed E-state index contributed by atoms with van der Waals surface area (Å²) in [6, 6.07) is 16.9. The van der Waals surface area contributed by atoms with Crippen molar-refractivity contribution in [3.63, 3.8) is 0 Å². The Hall–Kier alpha value is -1.84. The fraction of sp³-hybridized carbons (Fsp3) is 0.500. The van der Waals surface area contributed by atoms with Gasteiger partial charge in [-0.25, -0.2) is 0 Å². The van der Waals surface area contributed by atoms with E-state index in [1.165, 1.54) is 11.1 Å². The van der Waals surface area contributed by atoms with Crippen LogP contribution in [0.4, 0.5) is 0 Å². The van der Waals surface area contributed by atoms with E-state index in [1.54, 1.807) is 0 Å². The van der Waals surface area contributed by atoms with Gasteiger partial charge < -0.3 is 15.1 Å². The van der Waals surface area contributed by atoms with E-state index in [0.717, 1.165) is 44.3 Å². The molecule has 27 heavy (non-hydrogen) atoms. The number of hydrogen-bond acceptors (Lipinski definition) is 3. The molecule has 3 nitrogen and oxygen atoms in total. The van der Waals surface area contributed by atoms with Crippen LogP contribution in [0.2, 0.25) is 0 Å². The molecule has 2 N–H and O–H groups in total. The Balaban J connectivity index is 2.15. The van der Waals surface area contributed by atoms with Gasteiger partial charge in [0.25, 0.3) is 0 Å². The second-order valence-electron chi connectivity index (χ2n) is 7.73. The van der Waals surface area contributed by atoms with E-state index in [4.69, 9.17) is 5.11 Å². The molecule has 2 rings (SSSR count). The van der Waals surface area contributed by atoms with Crippen molar-refractivity contribution >= 4 is 0 Å². The quantitative estimate of drug-likeness (QED) is 0.542. The summed E-state index contributed by atoms with van der Waals surface area (Å²) >= 11 is 0. The minimum atomic E-state index is 0.185. The summed E-state index contributed by atoms with van der Waals surface area (Å²) in [5, 5.41) is 19.5. The van der Waals surface area contributed by atoms with Gasteiger partial charge in [0.05, 0.1) is 0 Å². The summed E-state index contributed by atoms with van der Waals surface area (Å²) in [4.78, 5) is 2.51. The number of phenolic OH excluding ortho intramolecular Hbond substituents is 1. The molecule has 0 saturated carbocycles. The molecule has 2 aromatic carbocycles. The number of unbranched alkanes of at least 4 members (excludes halogenated alkanes) is 2. The van der Waals surface area contributed by atoms with E-state index in [2.05, 4.69) is 56.0 Å². The molecule has 148 valence electrons. The molecule has 3 heteroatoms. The largest absolute Gasteiger partial charge is 0.508 e. The van der Waals surface area contributed by atoms with Crippen molar-refractivity contribution in [2.75, 3.05) is 19.7 Å². The van der Waals surface area contributed by atoms with E-state index < -0.39 is 0 Å². The Morgan fingerprint density at radius 3 is 2.33 bits per heavy atom. The van der Waals surface area contributed by atoms with Crippen LogP contribution in [-0.2, 0) is 0 Å². The van der Waals surface area contributed by atoms with Crippen LogP contribution in [0, 0.1) is 6.92 Å². The highest BCUT2D eigenvalue weighted by Crippen LogP contribution is 2.34. The third kappa shape index (κ3) is 6.67. The highest BCUT2D eigenvalue weighted by molar-refractivity contribution is 5.43. The smallest absolute Gasteiger partial charge is 0.119 e. The molecule has 0 heterocycles. The fourth-order valence-corrected chi connectivity index (χ4v) is 3.67. The Kier molecular flexibility index (Phi) is 8.83. The van der Waals surface area contributed by atoms with Crippen molar-refractivity contribution < 1.29 is 10.2 Å². The van der Waals surface area contributed by atoms with Gasteiger partial charge in [0.15, 0.2) is 0 Å². The Bertz CT molecular complexity index is 669. The lowest BCUT2D eigenvalue weighted by molar-refractivity contribution is 0.207. The van der Waals surface area contributed by atoms with Crippen LogP contribution >= 0.6 is 0 Å². The van der Waals surface area contributed by atoms with Crippen molar-refractivity contribution in [1.29, 1.82) is 0 Å². The monoisotopic (exact) mass is 369 g/mol. The molecule has 0 saturated heterocycles. The molecular formula is C24H35NO2. The summed E-state index contributed by atoms with van der Waals surface area (Å²) in [6.07, 6.45) is 4.04. The van der Waals surface area contributed by atoms with Crippen LogP contribution in [0.1, 0.15) is 62.1 Å². The number of nitrogens with zero attached hydrogens (tertiary/aromatic N) is 1. The Morgan fingerprint density at radius 2 is 1.67 bits per heavy atom. The van der Waals surface area contributed by atoms with Gasteiger partial charge in [-0.3, -0.25) is 0 Å². The average Bonchev–Trinajstić information content (AvgIpc) is 2.66. The second kappa shape index (κ2) is 11.1. The zero-order chi connectivity index (χ0) is 19.6. The molecule has 0 spiro atoms. The summed E-state index contributed by atoms with van der Waals surface area (Å²) in [5.41, 5.74) is 3.45. The first-order valence-electron chi connectivity index (χ1n) is 10.2. The first kappa shape index (κ1) is 21.5. The first-order chi connectivity index (χ1) is 13.0. The van der Waals surface area contributed by atoms with Gasteiger partial charge in [0.1, 0.15) is 5.75 Å². The van der Waals surface area contributed by atoms with Gasteiger partial charge in [-0.15, -0.1) is 0 Å². The number of rotatable bonds is 11. The SMILES string of the molecule is Cc1ccc(O)c([C@H](CCN(CCCCCO)C(C)C)c2ccccc2)c1. The summed E-state index contributed by atoms with van der Waals surface area (Å²) in [5.74, 6) is 0.568. The van der Waals surface area contributed by atoms with Gasteiger partial charge in [0, 0.05) is 24.1 Å². The minimum absolute atomic E-state index is 0.185. The summed E-state index contributed by atoms with van der Waals surface area (Å²) in [6.45, 7) is 8.89. The molecule has 2 aromatic rings. The number of hydrogen-bond donors (Lipinski definition) is 2. The normalized spacial score (nSPS) is 12.7. The van der Waals surface area contributed by atoms with Gasteiger partial charge in [0.2, 0.25) is 0 Å². The molecule has 0 aromatic heterocycles. The zero-order valence-electron chi connectivity index (χ0n) is 17.1. The third-order valence-electron chi connectivity index (χ3n) is 5.30. The molecule has 0 bridgehead atoms. The van der Waals surface area contributed by atoms with Crippen LogP contribution in [0.25, 0.3) is 0 Å². The molecule has 0 amide bonds. The topological polar surface area (TPSA) is 43.7 Å². The lowest BCUT2D eigenvalue weighted by atomic mass is 9.87. The maximum absolute atomic E-state index is 10.5. The molecule has 0 radical (unpaired) electrons. The number of aliphatic hydroxyl groups is 1. The average molecular weight is 370 g/mol. The Morgan fingerprint density at radius 1 is 0.926 bits per heavy atom. The highest BCUT2D eigenvalue weighted by Gasteiger charge is 2.20. The van der Waals surface area contributed by atoms with Gasteiger partial charge in [-0.1, -0.05) is 48.0 Å². The fourth-order valence-electron chi connectivity index (χ4n) is 3.67. The van der Waals surface area contributed by atoms with Gasteiger partial charge >= 0.3 is 0 Å². The van der Waals surface area contributed by atoms with Crippen molar-refractivity contribution in [3.05, 3.63) is 65.2 Å². The van der Waals surface area contributed by atoms with Crippen LogP contribution in [0.15, 0.2) is 48.5 Å². The van der Waals surface area contributed by atoms with Crippen molar-refractivity contribution in [2.24, 2.45) is 0 Å². The molecule has 1 atom stereocenters. The zero-order valence-corrected chi connectivity index (χ0v) is 17.1. The van der Waals surface area contributed by atoms with Crippen LogP contribution in [0.5, 0.6) is 5.75 Å². The Labute approximate surface area is 164 Å². The van der Waals surface area contributed by atoms with E-state index in [1.807, 2.05) is 18.2 Å². The van der Waals surface area contributed by atoms with E-state index in [0.29, 0.717) is 11.8 Å². The van der Waals surface area contributed by atoms with Gasteiger partial charge in [-0.2, -0.15) is 0 Å². The lowest BCUT2D eigenvalue weighted by Crippen LogP contribution is -2.33. The number of aromatic hydroxyl groups is 1. The number of aryl methyl sites for hydroxylation is 1.